The Balaban J connectivity index is 1.24. The minimum Gasteiger partial charge on any atom is -0.454 e. The van der Waals surface area contributed by atoms with E-state index in [1.807, 2.05) is 4.90 Å². The van der Waals surface area contributed by atoms with Crippen molar-refractivity contribution in [2.45, 2.75) is 51.4 Å². The van der Waals surface area contributed by atoms with Gasteiger partial charge in [0.25, 0.3) is 0 Å². The summed E-state index contributed by atoms with van der Waals surface area (Å²) in [5.74, 6) is 1.69. The van der Waals surface area contributed by atoms with Crippen molar-refractivity contribution in [3.05, 3.63) is 18.2 Å². The smallest absolute Gasteiger partial charge is 0.234 e. The Bertz CT molecular complexity index is 910. The topological polar surface area (TPSA) is 95.5 Å². The number of amides is 2. The third-order valence-corrected chi connectivity index (χ3v) is 7.16. The number of nitrogens with one attached hydrogen (secondary N) is 2. The zero-order chi connectivity index (χ0) is 21.4. The largest absolute Gasteiger partial charge is 0.454 e. The number of fused-ring (bicyclic) bond motifs is 4. The van der Waals surface area contributed by atoms with Gasteiger partial charge in [0.15, 0.2) is 23.0 Å². The van der Waals surface area contributed by atoms with Gasteiger partial charge in [0.1, 0.15) is 0 Å². The number of rotatable bonds is 5. The lowest BCUT2D eigenvalue weighted by Crippen LogP contribution is -2.67. The molecule has 3 heterocycles. The summed E-state index contributed by atoms with van der Waals surface area (Å²) in [7, 11) is 0. The van der Waals surface area contributed by atoms with Crippen LogP contribution in [0.15, 0.2) is 23.3 Å². The SMILES string of the molecule is CCCN1C(=O)C2CCCCC2N2C(SCC(=O)Nc3ccc4c(c3)OCO4)=NNC12. The Hall–Kier alpha value is -2.62. The van der Waals surface area contributed by atoms with Crippen LogP contribution in [-0.4, -0.2) is 58.2 Å². The highest BCUT2D eigenvalue weighted by Gasteiger charge is 2.50. The average molecular weight is 446 g/mol. The quantitative estimate of drug-likeness (QED) is 0.718. The number of ether oxygens (including phenoxy) is 2. The number of benzene rings is 1. The van der Waals surface area contributed by atoms with E-state index < -0.39 is 0 Å². The Labute approximate surface area is 185 Å². The van der Waals surface area contributed by atoms with E-state index in [1.54, 1.807) is 18.2 Å². The summed E-state index contributed by atoms with van der Waals surface area (Å²) >= 11 is 1.41. The fourth-order valence-electron chi connectivity index (χ4n) is 4.83. The van der Waals surface area contributed by atoms with E-state index >= 15 is 0 Å². The van der Waals surface area contributed by atoms with E-state index in [1.165, 1.54) is 11.8 Å². The summed E-state index contributed by atoms with van der Waals surface area (Å²) in [4.78, 5) is 29.8. The maximum absolute atomic E-state index is 13.1. The van der Waals surface area contributed by atoms with Crippen LogP contribution in [0.4, 0.5) is 5.69 Å². The molecule has 2 amide bonds. The Morgan fingerprint density at radius 1 is 1.29 bits per heavy atom. The van der Waals surface area contributed by atoms with Crippen LogP contribution in [0, 0.1) is 5.92 Å². The van der Waals surface area contributed by atoms with E-state index in [0.717, 1.165) is 37.3 Å². The van der Waals surface area contributed by atoms with Crippen LogP contribution >= 0.6 is 11.8 Å². The molecule has 2 fully saturated rings. The molecule has 0 aromatic heterocycles. The molecule has 3 unspecified atom stereocenters. The van der Waals surface area contributed by atoms with Gasteiger partial charge < -0.3 is 24.6 Å². The summed E-state index contributed by atoms with van der Waals surface area (Å²) in [5.41, 5.74) is 3.82. The molecule has 1 aliphatic carbocycles. The Kier molecular flexibility index (Phi) is 5.56. The van der Waals surface area contributed by atoms with E-state index in [9.17, 15) is 9.59 Å². The van der Waals surface area contributed by atoms with Crippen LogP contribution < -0.4 is 20.2 Å². The first kappa shape index (κ1) is 20.3. The second-order valence-electron chi connectivity index (χ2n) is 8.20. The van der Waals surface area contributed by atoms with Crippen molar-refractivity contribution >= 4 is 34.4 Å². The number of thioether (sulfide) groups is 1. The Morgan fingerprint density at radius 2 is 2.13 bits per heavy atom. The molecule has 1 aromatic rings. The molecule has 0 spiro atoms. The Morgan fingerprint density at radius 3 is 3.00 bits per heavy atom. The van der Waals surface area contributed by atoms with E-state index in [2.05, 4.69) is 27.7 Å². The molecular formula is C21H27N5O4S. The van der Waals surface area contributed by atoms with Crippen LogP contribution in [0.2, 0.25) is 0 Å². The van der Waals surface area contributed by atoms with E-state index in [-0.39, 0.29) is 42.6 Å². The molecule has 1 aromatic carbocycles. The zero-order valence-electron chi connectivity index (χ0n) is 17.5. The van der Waals surface area contributed by atoms with Crippen molar-refractivity contribution in [3.63, 3.8) is 0 Å². The number of anilines is 1. The van der Waals surface area contributed by atoms with Crippen molar-refractivity contribution in [1.82, 2.24) is 15.2 Å². The first-order valence-corrected chi connectivity index (χ1v) is 11.9. The van der Waals surface area contributed by atoms with Gasteiger partial charge in [0, 0.05) is 24.3 Å². The van der Waals surface area contributed by atoms with Crippen LogP contribution in [0.1, 0.15) is 39.0 Å². The summed E-state index contributed by atoms with van der Waals surface area (Å²) in [6.45, 7) is 2.98. The normalized spacial score (nSPS) is 26.2. The molecule has 166 valence electrons. The maximum Gasteiger partial charge on any atom is 0.234 e. The molecule has 9 nitrogen and oxygen atoms in total. The van der Waals surface area contributed by atoms with Gasteiger partial charge in [-0.3, -0.25) is 15.0 Å². The van der Waals surface area contributed by atoms with E-state index in [4.69, 9.17) is 9.47 Å². The molecule has 10 heteroatoms. The number of hydrogen-bond donors (Lipinski definition) is 2. The number of hydrazone groups is 1. The molecule has 3 aliphatic heterocycles. The fraction of sp³-hybridized carbons (Fsp3) is 0.571. The monoisotopic (exact) mass is 445 g/mol. The predicted octanol–water partition coefficient (Wildman–Crippen LogP) is 2.36. The highest BCUT2D eigenvalue weighted by molar-refractivity contribution is 8.14. The van der Waals surface area contributed by atoms with Crippen molar-refractivity contribution < 1.29 is 19.1 Å². The predicted molar refractivity (Wildman–Crippen MR) is 118 cm³/mol. The minimum atomic E-state index is -0.244. The van der Waals surface area contributed by atoms with Gasteiger partial charge in [-0.1, -0.05) is 31.5 Å². The molecule has 1 saturated carbocycles. The number of carbonyl (C=O) groups excluding carboxylic acids is 2. The first-order chi connectivity index (χ1) is 15.2. The van der Waals surface area contributed by atoms with Crippen LogP contribution in [-0.2, 0) is 9.59 Å². The van der Waals surface area contributed by atoms with Gasteiger partial charge in [-0.2, -0.15) is 5.10 Å². The van der Waals surface area contributed by atoms with Gasteiger partial charge in [0.2, 0.25) is 18.6 Å². The van der Waals surface area contributed by atoms with Crippen molar-refractivity contribution in [1.29, 1.82) is 0 Å². The van der Waals surface area contributed by atoms with Gasteiger partial charge >= 0.3 is 0 Å². The first-order valence-electron chi connectivity index (χ1n) is 10.9. The average Bonchev–Trinajstić information content (AvgIpc) is 3.42. The molecule has 2 N–H and O–H groups in total. The highest BCUT2D eigenvalue weighted by Crippen LogP contribution is 2.39. The van der Waals surface area contributed by atoms with Crippen molar-refractivity contribution in [3.8, 4) is 11.5 Å². The van der Waals surface area contributed by atoms with Crippen LogP contribution in [0.5, 0.6) is 11.5 Å². The summed E-state index contributed by atoms with van der Waals surface area (Å²) in [6.07, 6.45) is 4.78. The van der Waals surface area contributed by atoms with Gasteiger partial charge in [-0.15, -0.1) is 0 Å². The molecular weight excluding hydrogens is 418 g/mol. The third-order valence-electron chi connectivity index (χ3n) is 6.20. The van der Waals surface area contributed by atoms with Crippen molar-refractivity contribution in [2.75, 3.05) is 24.4 Å². The van der Waals surface area contributed by atoms with Crippen molar-refractivity contribution in [2.24, 2.45) is 11.0 Å². The standard InChI is InChI=1S/C21H27N5O4S/c1-2-9-25-19(28)14-5-3-4-6-15(14)26-20(25)23-24-21(26)31-11-18(27)22-13-7-8-16-17(10-13)30-12-29-16/h7-8,10,14-15,20,23H,2-6,9,11-12H2,1H3,(H,22,27). The van der Waals surface area contributed by atoms with Crippen LogP contribution in [0.25, 0.3) is 0 Å². The second-order valence-corrected chi connectivity index (χ2v) is 9.14. The van der Waals surface area contributed by atoms with Gasteiger partial charge in [-0.25, -0.2) is 0 Å². The molecule has 31 heavy (non-hydrogen) atoms. The number of hydrogen-bond acceptors (Lipinski definition) is 8. The fourth-order valence-corrected chi connectivity index (χ4v) is 5.66. The second kappa shape index (κ2) is 8.49. The summed E-state index contributed by atoms with van der Waals surface area (Å²) < 4.78 is 10.7. The highest BCUT2D eigenvalue weighted by atomic mass is 32.2. The number of amidine groups is 1. The van der Waals surface area contributed by atoms with Gasteiger partial charge in [-0.05, 0) is 31.4 Å². The lowest BCUT2D eigenvalue weighted by molar-refractivity contribution is -0.155. The van der Waals surface area contributed by atoms with E-state index in [0.29, 0.717) is 23.7 Å². The maximum atomic E-state index is 13.1. The summed E-state index contributed by atoms with van der Waals surface area (Å²) in [6, 6.07) is 5.50. The van der Waals surface area contributed by atoms with Crippen LogP contribution in [0.3, 0.4) is 0 Å². The molecule has 1 saturated heterocycles. The minimum absolute atomic E-state index is 0.0182. The molecule has 3 atom stereocenters. The molecule has 4 aliphatic rings. The number of carbonyl (C=O) groups is 2. The summed E-state index contributed by atoms with van der Waals surface area (Å²) in [5, 5.41) is 8.20. The molecule has 0 bridgehead atoms. The molecule has 5 rings (SSSR count). The zero-order valence-corrected chi connectivity index (χ0v) is 18.3. The number of nitrogens with zero attached hydrogens (tertiary/aromatic N) is 3. The lowest BCUT2D eigenvalue weighted by atomic mass is 9.81. The molecule has 0 radical (unpaired) electrons. The third kappa shape index (κ3) is 3.77. The van der Waals surface area contributed by atoms with Gasteiger partial charge in [0.05, 0.1) is 11.7 Å². The lowest BCUT2D eigenvalue weighted by Gasteiger charge is -2.50.